The summed E-state index contributed by atoms with van der Waals surface area (Å²) in [4.78, 5) is 11.4. The van der Waals surface area contributed by atoms with E-state index in [-0.39, 0.29) is 0 Å². The van der Waals surface area contributed by atoms with Crippen LogP contribution in [0.2, 0.25) is 0 Å². The molecule has 0 bridgehead atoms. The Bertz CT molecular complexity index is 599. The smallest absolute Gasteiger partial charge is 0.147 e. The van der Waals surface area contributed by atoms with Gasteiger partial charge in [0, 0.05) is 25.5 Å². The lowest BCUT2D eigenvalue weighted by Gasteiger charge is -2.35. The number of nitrogens with zero attached hydrogens (tertiary/aromatic N) is 6. The van der Waals surface area contributed by atoms with E-state index in [4.69, 9.17) is 0 Å². The molecule has 6 nitrogen and oxygen atoms in total. The van der Waals surface area contributed by atoms with E-state index in [9.17, 15) is 0 Å². The fraction of sp³-hybridized carbons (Fsp3) is 0.667. The summed E-state index contributed by atoms with van der Waals surface area (Å²) in [5, 5.41) is 4.51. The lowest BCUT2D eigenvalue weighted by atomic mass is 10.0. The van der Waals surface area contributed by atoms with Gasteiger partial charge in [0.25, 0.3) is 0 Å². The van der Waals surface area contributed by atoms with Crippen LogP contribution < -0.4 is 0 Å². The minimum absolute atomic E-state index is 0.523. The van der Waals surface area contributed by atoms with Gasteiger partial charge in [-0.05, 0) is 33.2 Å². The second-order valence-corrected chi connectivity index (χ2v) is 5.96. The molecule has 0 saturated carbocycles. The van der Waals surface area contributed by atoms with Crippen molar-refractivity contribution in [1.82, 2.24) is 29.2 Å². The second-order valence-electron chi connectivity index (χ2n) is 5.96. The zero-order valence-corrected chi connectivity index (χ0v) is 13.2. The fourth-order valence-corrected chi connectivity index (χ4v) is 3.14. The van der Waals surface area contributed by atoms with E-state index in [1.165, 1.54) is 19.3 Å². The Morgan fingerprint density at radius 2 is 2.14 bits per heavy atom. The first-order valence-corrected chi connectivity index (χ1v) is 7.72. The Labute approximate surface area is 125 Å². The molecule has 3 heterocycles. The first-order chi connectivity index (χ1) is 10.1. The quantitative estimate of drug-likeness (QED) is 0.859. The Kier molecular flexibility index (Phi) is 4.05. The Morgan fingerprint density at radius 3 is 2.81 bits per heavy atom. The maximum atomic E-state index is 4.51. The largest absolute Gasteiger partial charge is 0.337 e. The molecule has 1 fully saturated rings. The predicted octanol–water partition coefficient (Wildman–Crippen LogP) is 1.68. The monoisotopic (exact) mass is 288 g/mol. The van der Waals surface area contributed by atoms with Crippen LogP contribution in [0, 0.1) is 13.8 Å². The van der Waals surface area contributed by atoms with Gasteiger partial charge in [-0.2, -0.15) is 5.10 Å². The normalized spacial score (nSPS) is 20.0. The van der Waals surface area contributed by atoms with Crippen molar-refractivity contribution in [2.45, 2.75) is 52.2 Å². The number of imidazole rings is 1. The maximum absolute atomic E-state index is 4.51. The molecular weight excluding hydrogens is 264 g/mol. The summed E-state index contributed by atoms with van der Waals surface area (Å²) < 4.78 is 4.16. The van der Waals surface area contributed by atoms with E-state index in [1.54, 1.807) is 0 Å². The Morgan fingerprint density at radius 1 is 1.29 bits per heavy atom. The van der Waals surface area contributed by atoms with Gasteiger partial charge in [-0.3, -0.25) is 4.90 Å². The summed E-state index contributed by atoms with van der Waals surface area (Å²) in [6.45, 7) is 6.98. The van der Waals surface area contributed by atoms with Gasteiger partial charge >= 0.3 is 0 Å². The topological polar surface area (TPSA) is 51.8 Å². The summed E-state index contributed by atoms with van der Waals surface area (Å²) in [7, 11) is 2.06. The molecule has 3 rings (SSSR count). The van der Waals surface area contributed by atoms with Crippen molar-refractivity contribution in [3.05, 3.63) is 29.9 Å². The number of aromatic nitrogens is 5. The van der Waals surface area contributed by atoms with E-state index < -0.39 is 0 Å². The minimum Gasteiger partial charge on any atom is -0.337 e. The van der Waals surface area contributed by atoms with E-state index in [0.717, 1.165) is 37.1 Å². The first-order valence-electron chi connectivity index (χ1n) is 7.72. The van der Waals surface area contributed by atoms with Crippen molar-refractivity contribution in [1.29, 1.82) is 0 Å². The highest BCUT2D eigenvalue weighted by atomic mass is 15.4. The van der Waals surface area contributed by atoms with Gasteiger partial charge in [-0.25, -0.2) is 14.6 Å². The summed E-state index contributed by atoms with van der Waals surface area (Å²) >= 11 is 0. The third kappa shape index (κ3) is 3.15. The Hall–Kier alpha value is -1.69. The SMILES string of the molecule is Cc1nc(C)n(C[C@@H]2CCCCN2Cc2nccn2C)n1. The molecule has 1 aliphatic heterocycles. The van der Waals surface area contributed by atoms with E-state index in [2.05, 4.69) is 36.3 Å². The molecule has 0 aliphatic carbocycles. The number of piperidine rings is 1. The van der Waals surface area contributed by atoms with Crippen LogP contribution in [-0.4, -0.2) is 41.8 Å². The van der Waals surface area contributed by atoms with Crippen molar-refractivity contribution >= 4 is 0 Å². The second kappa shape index (κ2) is 5.97. The number of rotatable bonds is 4. The van der Waals surface area contributed by atoms with Crippen molar-refractivity contribution < 1.29 is 0 Å². The van der Waals surface area contributed by atoms with Crippen LogP contribution in [0.25, 0.3) is 0 Å². The van der Waals surface area contributed by atoms with Crippen molar-refractivity contribution in [2.75, 3.05) is 6.54 Å². The average molecular weight is 288 g/mol. The molecule has 1 aliphatic rings. The molecule has 0 unspecified atom stereocenters. The van der Waals surface area contributed by atoms with Crippen LogP contribution in [0.15, 0.2) is 12.4 Å². The summed E-state index contributed by atoms with van der Waals surface area (Å²) in [5.41, 5.74) is 0. The molecule has 0 spiro atoms. The molecule has 2 aromatic heterocycles. The number of aryl methyl sites for hydroxylation is 3. The van der Waals surface area contributed by atoms with E-state index >= 15 is 0 Å². The third-order valence-electron chi connectivity index (χ3n) is 4.36. The van der Waals surface area contributed by atoms with Gasteiger partial charge in [0.1, 0.15) is 17.5 Å². The maximum Gasteiger partial charge on any atom is 0.147 e. The minimum atomic E-state index is 0.523. The highest BCUT2D eigenvalue weighted by Gasteiger charge is 2.24. The molecule has 0 N–H and O–H groups in total. The van der Waals surface area contributed by atoms with Gasteiger partial charge in [-0.15, -0.1) is 0 Å². The third-order valence-corrected chi connectivity index (χ3v) is 4.36. The zero-order chi connectivity index (χ0) is 14.8. The average Bonchev–Trinajstić information content (AvgIpc) is 2.99. The Balaban J connectivity index is 1.72. The van der Waals surface area contributed by atoms with Gasteiger partial charge in [0.2, 0.25) is 0 Å². The standard InChI is InChI=1S/C15H24N6/c1-12-17-13(2)21(18-12)10-14-6-4-5-8-20(14)11-15-16-7-9-19(15)3/h7,9,14H,4-6,8,10-11H2,1-3H3/t14-/m0/s1. The van der Waals surface area contributed by atoms with Crippen molar-refractivity contribution in [3.8, 4) is 0 Å². The summed E-state index contributed by atoms with van der Waals surface area (Å²) in [6, 6.07) is 0.523. The van der Waals surface area contributed by atoms with Gasteiger partial charge in [-0.1, -0.05) is 6.42 Å². The van der Waals surface area contributed by atoms with Gasteiger partial charge < -0.3 is 4.57 Å². The molecule has 2 aromatic rings. The molecule has 0 amide bonds. The van der Waals surface area contributed by atoms with Crippen LogP contribution in [0.3, 0.4) is 0 Å². The highest BCUT2D eigenvalue weighted by molar-refractivity contribution is 4.94. The van der Waals surface area contributed by atoms with E-state index in [0.29, 0.717) is 6.04 Å². The molecule has 0 radical (unpaired) electrons. The predicted molar refractivity (Wildman–Crippen MR) is 80.8 cm³/mol. The lowest BCUT2D eigenvalue weighted by molar-refractivity contribution is 0.117. The molecule has 0 aromatic carbocycles. The number of hydrogen-bond acceptors (Lipinski definition) is 4. The van der Waals surface area contributed by atoms with Crippen LogP contribution in [0.5, 0.6) is 0 Å². The molecular formula is C15H24N6. The van der Waals surface area contributed by atoms with E-state index in [1.807, 2.05) is 26.2 Å². The molecule has 114 valence electrons. The molecule has 6 heteroatoms. The van der Waals surface area contributed by atoms with Crippen LogP contribution in [0.4, 0.5) is 0 Å². The number of likely N-dealkylation sites (tertiary alicyclic amines) is 1. The molecule has 1 saturated heterocycles. The zero-order valence-electron chi connectivity index (χ0n) is 13.2. The van der Waals surface area contributed by atoms with Crippen LogP contribution in [0.1, 0.15) is 36.7 Å². The summed E-state index contributed by atoms with van der Waals surface area (Å²) in [6.07, 6.45) is 7.69. The lowest BCUT2D eigenvalue weighted by Crippen LogP contribution is -2.42. The molecule has 21 heavy (non-hydrogen) atoms. The van der Waals surface area contributed by atoms with Crippen LogP contribution >= 0.6 is 0 Å². The van der Waals surface area contributed by atoms with Crippen molar-refractivity contribution in [3.63, 3.8) is 0 Å². The highest BCUT2D eigenvalue weighted by Crippen LogP contribution is 2.20. The van der Waals surface area contributed by atoms with Gasteiger partial charge in [0.15, 0.2) is 0 Å². The van der Waals surface area contributed by atoms with Crippen LogP contribution in [-0.2, 0) is 20.1 Å². The van der Waals surface area contributed by atoms with Crippen molar-refractivity contribution in [2.24, 2.45) is 7.05 Å². The molecule has 1 atom stereocenters. The van der Waals surface area contributed by atoms with Gasteiger partial charge in [0.05, 0.1) is 13.1 Å². The fourth-order valence-electron chi connectivity index (χ4n) is 3.14. The first kappa shape index (κ1) is 14.3. The summed E-state index contributed by atoms with van der Waals surface area (Å²) in [5.74, 6) is 3.00. The number of hydrogen-bond donors (Lipinski definition) is 0.